The van der Waals surface area contributed by atoms with Gasteiger partial charge in [0.1, 0.15) is 44.7 Å². The summed E-state index contributed by atoms with van der Waals surface area (Å²) < 4.78 is 27.1. The first-order chi connectivity index (χ1) is 37.3. The molecule has 0 unspecified atom stereocenters. The average Bonchev–Trinajstić information content (AvgIpc) is 4.31. The fourth-order valence-electron chi connectivity index (χ4n) is 12.6. The van der Waals surface area contributed by atoms with Crippen molar-refractivity contribution in [2.24, 2.45) is 0 Å². The van der Waals surface area contributed by atoms with Crippen molar-refractivity contribution in [1.82, 2.24) is 0 Å². The van der Waals surface area contributed by atoms with Crippen molar-refractivity contribution in [3.8, 4) is 0 Å². The summed E-state index contributed by atoms with van der Waals surface area (Å²) in [6.07, 6.45) is 0. The van der Waals surface area contributed by atoms with Crippen LogP contribution in [0.1, 0.15) is 22.3 Å². The summed E-state index contributed by atoms with van der Waals surface area (Å²) >= 11 is 0. The largest absolute Gasteiger partial charge is 0.456 e. The third-order valence-electron chi connectivity index (χ3n) is 16.1. The number of anilines is 6. The van der Waals surface area contributed by atoms with Gasteiger partial charge in [0.05, 0.1) is 11.4 Å². The van der Waals surface area contributed by atoms with E-state index >= 15 is 0 Å². The molecule has 6 heteroatoms. The van der Waals surface area contributed by atoms with E-state index in [-0.39, 0.29) is 0 Å². The average molecular weight is 979 g/mol. The number of furan rings is 4. The first-order valence-corrected chi connectivity index (χ1v) is 26.0. The van der Waals surface area contributed by atoms with Crippen molar-refractivity contribution in [2.45, 2.75) is 27.7 Å². The van der Waals surface area contributed by atoms with Gasteiger partial charge in [-0.05, 0) is 156 Å². The van der Waals surface area contributed by atoms with Crippen LogP contribution in [0.25, 0.3) is 120 Å². The highest BCUT2D eigenvalue weighted by molar-refractivity contribution is 6.28. The molecule has 0 saturated heterocycles. The Balaban J connectivity index is 0.826. The lowest BCUT2D eigenvalue weighted by Crippen LogP contribution is -2.12. The number of hydrogen-bond acceptors (Lipinski definition) is 6. The molecule has 16 aromatic rings. The molecule has 0 saturated carbocycles. The number of para-hydroxylation sites is 2. The maximum atomic E-state index is 6.84. The maximum absolute atomic E-state index is 6.84. The molecule has 0 aliphatic heterocycles. The standard InChI is InChI=1S/C70H46N2O4/c1-39-11-9-12-40(2)67(39)71(45-21-27-51-55-25-19-43-15-5-7-17-49(43)69(55)75-61(51)35-45)47-23-29-57-63(37-47)73-59-33-31-54-53(65(57)59)32-34-60-66(54)58-30-24-48(38-64(58)74-60)72(68-41(3)13-10-14-42(68)4)46-22-28-52-56-26-20-44-16-6-8-18-50(44)70(56)76-62(52)36-46/h5-38H,1-4H3. The first-order valence-electron chi connectivity index (χ1n) is 26.0. The smallest absolute Gasteiger partial charge is 0.143 e. The molecule has 0 radical (unpaired) electrons. The molecule has 76 heavy (non-hydrogen) atoms. The molecule has 16 rings (SSSR count). The Morgan fingerprint density at radius 3 is 1.00 bits per heavy atom. The van der Waals surface area contributed by atoms with E-state index in [1.54, 1.807) is 0 Å². The minimum Gasteiger partial charge on any atom is -0.456 e. The minimum atomic E-state index is 0.815. The van der Waals surface area contributed by atoms with Gasteiger partial charge in [-0.25, -0.2) is 0 Å². The minimum absolute atomic E-state index is 0.815. The van der Waals surface area contributed by atoms with Crippen LogP contribution in [0.5, 0.6) is 0 Å². The van der Waals surface area contributed by atoms with Gasteiger partial charge in [0.25, 0.3) is 0 Å². The van der Waals surface area contributed by atoms with E-state index in [1.807, 2.05) is 0 Å². The summed E-state index contributed by atoms with van der Waals surface area (Å²) in [6, 6.07) is 73.6. The van der Waals surface area contributed by atoms with Crippen molar-refractivity contribution in [3.63, 3.8) is 0 Å². The zero-order valence-corrected chi connectivity index (χ0v) is 42.2. The van der Waals surface area contributed by atoms with Gasteiger partial charge >= 0.3 is 0 Å². The van der Waals surface area contributed by atoms with Crippen molar-refractivity contribution in [2.75, 3.05) is 9.80 Å². The van der Waals surface area contributed by atoms with Gasteiger partial charge < -0.3 is 27.5 Å². The lowest BCUT2D eigenvalue weighted by molar-refractivity contribution is 0.668. The quantitative estimate of drug-likeness (QED) is 0.165. The third-order valence-corrected chi connectivity index (χ3v) is 16.1. The van der Waals surface area contributed by atoms with Crippen LogP contribution < -0.4 is 9.80 Å². The zero-order chi connectivity index (χ0) is 50.5. The second kappa shape index (κ2) is 15.9. The van der Waals surface area contributed by atoms with E-state index in [1.165, 1.54) is 22.3 Å². The maximum Gasteiger partial charge on any atom is 0.143 e. The Morgan fingerprint density at radius 2 is 0.592 bits per heavy atom. The Bertz CT molecular complexity index is 4780. The molecule has 0 fully saturated rings. The highest BCUT2D eigenvalue weighted by Gasteiger charge is 2.24. The van der Waals surface area contributed by atoms with Crippen molar-refractivity contribution < 1.29 is 17.7 Å². The number of fused-ring (bicyclic) bond motifs is 19. The van der Waals surface area contributed by atoms with E-state index in [2.05, 4.69) is 244 Å². The fourth-order valence-corrected chi connectivity index (χ4v) is 12.6. The number of aryl methyl sites for hydroxylation is 4. The van der Waals surface area contributed by atoms with Crippen LogP contribution in [-0.4, -0.2) is 0 Å². The van der Waals surface area contributed by atoms with E-state index in [4.69, 9.17) is 17.7 Å². The van der Waals surface area contributed by atoms with Crippen molar-refractivity contribution in [1.29, 1.82) is 0 Å². The topological polar surface area (TPSA) is 59.0 Å². The van der Waals surface area contributed by atoms with Crippen LogP contribution in [0.3, 0.4) is 0 Å². The molecule has 6 nitrogen and oxygen atoms in total. The van der Waals surface area contributed by atoms with Crippen LogP contribution in [0.4, 0.5) is 34.1 Å². The molecule has 0 atom stereocenters. The lowest BCUT2D eigenvalue weighted by Gasteiger charge is -2.28. The fraction of sp³-hybridized carbons (Fsp3) is 0.0571. The zero-order valence-electron chi connectivity index (χ0n) is 42.2. The summed E-state index contributed by atoms with van der Waals surface area (Å²) in [5.41, 5.74) is 17.8. The third kappa shape index (κ3) is 6.15. The van der Waals surface area contributed by atoms with E-state index in [0.717, 1.165) is 154 Å². The predicted molar refractivity (Wildman–Crippen MR) is 316 cm³/mol. The van der Waals surface area contributed by atoms with Gasteiger partial charge in [-0.3, -0.25) is 0 Å². The van der Waals surface area contributed by atoms with E-state index < -0.39 is 0 Å². The highest BCUT2D eigenvalue weighted by atomic mass is 16.3. The van der Waals surface area contributed by atoms with Crippen molar-refractivity contribution in [3.05, 3.63) is 229 Å². The van der Waals surface area contributed by atoms with Gasteiger partial charge in [-0.1, -0.05) is 97.1 Å². The normalized spacial score (nSPS) is 12.2. The van der Waals surface area contributed by atoms with Crippen LogP contribution >= 0.6 is 0 Å². The summed E-state index contributed by atoms with van der Waals surface area (Å²) in [7, 11) is 0. The van der Waals surface area contributed by atoms with Crippen molar-refractivity contribution >= 4 is 154 Å². The number of benzene rings is 12. The molecule has 0 bridgehead atoms. The molecule has 0 aliphatic rings. The molecule has 4 heterocycles. The van der Waals surface area contributed by atoms with Gasteiger partial charge in [-0.2, -0.15) is 0 Å². The van der Waals surface area contributed by atoms with Gasteiger partial charge in [0.2, 0.25) is 0 Å². The number of hydrogen-bond donors (Lipinski definition) is 0. The molecule has 0 spiro atoms. The summed E-state index contributed by atoms with van der Waals surface area (Å²) in [6.45, 7) is 8.72. The highest BCUT2D eigenvalue weighted by Crippen LogP contribution is 2.48. The Kier molecular flexibility index (Phi) is 8.91. The van der Waals surface area contributed by atoms with Crippen LogP contribution in [-0.2, 0) is 0 Å². The van der Waals surface area contributed by atoms with E-state index in [0.29, 0.717) is 0 Å². The molecule has 360 valence electrons. The Hall–Kier alpha value is -9.78. The van der Waals surface area contributed by atoms with Crippen LogP contribution in [0, 0.1) is 27.7 Å². The molecule has 0 N–H and O–H groups in total. The second-order valence-electron chi connectivity index (χ2n) is 20.6. The number of nitrogens with zero attached hydrogens (tertiary/aromatic N) is 2. The first kappa shape index (κ1) is 42.7. The molecule has 12 aromatic carbocycles. The molecule has 0 amide bonds. The monoisotopic (exact) mass is 978 g/mol. The van der Waals surface area contributed by atoms with Crippen LogP contribution in [0.15, 0.2) is 224 Å². The van der Waals surface area contributed by atoms with Gasteiger partial charge in [-0.15, -0.1) is 0 Å². The Morgan fingerprint density at radius 1 is 0.250 bits per heavy atom. The van der Waals surface area contributed by atoms with E-state index in [9.17, 15) is 0 Å². The molecule has 0 aliphatic carbocycles. The summed E-state index contributed by atoms with van der Waals surface area (Å²) in [4.78, 5) is 4.69. The molecular formula is C70H46N2O4. The SMILES string of the molecule is Cc1cccc(C)c1N(c1ccc2c(c1)oc1c3ccccc3ccc21)c1ccc2c(c1)oc1ccc3c(ccc4oc5cc(N(c6ccc7c(c6)oc6c8ccccc8ccc76)c6c(C)cccc6C)ccc5c43)c12. The van der Waals surface area contributed by atoms with Gasteiger partial charge in [0.15, 0.2) is 0 Å². The second-order valence-corrected chi connectivity index (χ2v) is 20.6. The number of rotatable bonds is 6. The van der Waals surface area contributed by atoms with Crippen LogP contribution in [0.2, 0.25) is 0 Å². The lowest BCUT2D eigenvalue weighted by atomic mass is 9.99. The molecular weight excluding hydrogens is 933 g/mol. The van der Waals surface area contributed by atoms with Gasteiger partial charge in [0, 0.05) is 101 Å². The molecule has 4 aromatic heterocycles. The predicted octanol–water partition coefficient (Wildman–Crippen LogP) is 20.9. The summed E-state index contributed by atoms with van der Waals surface area (Å²) in [5, 5.41) is 15.5. The summed E-state index contributed by atoms with van der Waals surface area (Å²) in [5.74, 6) is 0. The Labute approximate surface area is 435 Å².